The van der Waals surface area contributed by atoms with Crippen LogP contribution in [-0.4, -0.2) is 15.7 Å². The van der Waals surface area contributed by atoms with E-state index in [0.717, 1.165) is 15.9 Å². The van der Waals surface area contributed by atoms with E-state index in [0.29, 0.717) is 6.54 Å². The van der Waals surface area contributed by atoms with Gasteiger partial charge in [0, 0.05) is 5.69 Å². The summed E-state index contributed by atoms with van der Waals surface area (Å²) in [5.41, 5.74) is 1.11. The van der Waals surface area contributed by atoms with Gasteiger partial charge in [0.2, 0.25) is 5.91 Å². The summed E-state index contributed by atoms with van der Waals surface area (Å²) in [6.07, 6.45) is 1.25. The van der Waals surface area contributed by atoms with Crippen LogP contribution in [0.5, 0.6) is 0 Å². The fourth-order valence-electron chi connectivity index (χ4n) is 2.47. The van der Waals surface area contributed by atoms with Gasteiger partial charge in [-0.25, -0.2) is 4.68 Å². The maximum Gasteiger partial charge on any atom is 0.287 e. The van der Waals surface area contributed by atoms with Gasteiger partial charge in [0.15, 0.2) is 0 Å². The van der Waals surface area contributed by atoms with Gasteiger partial charge in [-0.3, -0.25) is 9.59 Å². The van der Waals surface area contributed by atoms with Crippen molar-refractivity contribution in [3.05, 3.63) is 92.8 Å². The molecule has 0 radical (unpaired) electrons. The summed E-state index contributed by atoms with van der Waals surface area (Å²) in [5.74, 6) is -0.284. The van der Waals surface area contributed by atoms with Gasteiger partial charge in [-0.2, -0.15) is 5.10 Å². The predicted molar refractivity (Wildman–Crippen MR) is 103 cm³/mol. The summed E-state index contributed by atoms with van der Waals surface area (Å²) < 4.78 is 1.01. The van der Waals surface area contributed by atoms with Crippen molar-refractivity contribution in [1.29, 1.82) is 0 Å². The molecular formula is C19H15Cl2N3O2. The summed E-state index contributed by atoms with van der Waals surface area (Å²) >= 11 is 11.6. The quantitative estimate of drug-likeness (QED) is 0.669. The number of halogens is 2. The number of rotatable bonds is 5. The smallest absolute Gasteiger partial charge is 0.287 e. The first-order chi connectivity index (χ1) is 12.6. The van der Waals surface area contributed by atoms with Crippen LogP contribution in [-0.2, 0) is 17.9 Å². The Morgan fingerprint density at radius 3 is 2.27 bits per heavy atom. The lowest BCUT2D eigenvalue weighted by Crippen LogP contribution is -2.37. The van der Waals surface area contributed by atoms with Crippen LogP contribution in [0.1, 0.15) is 5.56 Å². The van der Waals surface area contributed by atoms with Crippen molar-refractivity contribution in [3.63, 3.8) is 0 Å². The van der Waals surface area contributed by atoms with Gasteiger partial charge >= 0.3 is 0 Å². The van der Waals surface area contributed by atoms with Gasteiger partial charge in [0.25, 0.3) is 5.56 Å². The van der Waals surface area contributed by atoms with Crippen molar-refractivity contribution in [2.75, 3.05) is 4.90 Å². The second-order valence-corrected chi connectivity index (χ2v) is 6.36. The topological polar surface area (TPSA) is 55.2 Å². The number of para-hydroxylation sites is 1. The number of nitrogens with zero attached hydrogens (tertiary/aromatic N) is 3. The zero-order valence-corrected chi connectivity index (χ0v) is 15.2. The third-order valence-corrected chi connectivity index (χ3v) is 4.53. The Kier molecular flexibility index (Phi) is 5.71. The molecule has 7 heteroatoms. The Morgan fingerprint density at radius 1 is 1.00 bits per heavy atom. The number of carbonyl (C=O) groups excluding carboxylic acids is 1. The van der Waals surface area contributed by atoms with Gasteiger partial charge in [-0.15, -0.1) is 0 Å². The molecule has 0 saturated heterocycles. The monoisotopic (exact) mass is 387 g/mol. The first-order valence-corrected chi connectivity index (χ1v) is 8.62. The molecule has 0 aliphatic rings. The molecule has 0 fully saturated rings. The molecule has 26 heavy (non-hydrogen) atoms. The number of anilines is 1. The molecule has 5 nitrogen and oxygen atoms in total. The van der Waals surface area contributed by atoms with Crippen LogP contribution in [0.2, 0.25) is 10.0 Å². The molecule has 0 atom stereocenters. The molecule has 0 N–H and O–H groups in total. The number of hydrogen-bond acceptors (Lipinski definition) is 3. The molecule has 1 aromatic heterocycles. The molecule has 0 spiro atoms. The second-order valence-electron chi connectivity index (χ2n) is 5.57. The predicted octanol–water partition coefficient (Wildman–Crippen LogP) is 3.78. The Balaban J connectivity index is 1.90. The summed E-state index contributed by atoms with van der Waals surface area (Å²) in [5, 5.41) is 3.81. The number of carbonyl (C=O) groups is 1. The van der Waals surface area contributed by atoms with Gasteiger partial charge in [0.05, 0.1) is 17.8 Å². The zero-order chi connectivity index (χ0) is 18.5. The van der Waals surface area contributed by atoms with E-state index in [1.54, 1.807) is 4.90 Å². The minimum absolute atomic E-state index is 0.0598. The van der Waals surface area contributed by atoms with E-state index < -0.39 is 5.56 Å². The van der Waals surface area contributed by atoms with Crippen molar-refractivity contribution in [2.45, 2.75) is 13.1 Å². The highest BCUT2D eigenvalue weighted by Gasteiger charge is 2.19. The summed E-state index contributed by atoms with van der Waals surface area (Å²) in [7, 11) is 0. The molecule has 1 heterocycles. The largest absolute Gasteiger partial charge is 0.306 e. The number of benzene rings is 2. The van der Waals surface area contributed by atoms with Crippen LogP contribution >= 0.6 is 23.2 Å². The standard InChI is InChI=1S/C19H15Cl2N3O2/c20-16-11-22-24(19(26)18(16)21)13-17(25)23(15-9-5-2-6-10-15)12-14-7-3-1-4-8-14/h1-11H,12-13H2. The molecule has 0 saturated carbocycles. The molecule has 0 unspecified atom stereocenters. The van der Waals surface area contributed by atoms with E-state index in [-0.39, 0.29) is 22.5 Å². The lowest BCUT2D eigenvalue weighted by atomic mass is 10.2. The average molecular weight is 388 g/mol. The van der Waals surface area contributed by atoms with E-state index in [1.807, 2.05) is 60.7 Å². The number of amides is 1. The van der Waals surface area contributed by atoms with Gasteiger partial charge in [0.1, 0.15) is 11.6 Å². The summed E-state index contributed by atoms with van der Waals surface area (Å²) in [6, 6.07) is 18.9. The van der Waals surface area contributed by atoms with Crippen molar-refractivity contribution < 1.29 is 4.79 Å². The Morgan fingerprint density at radius 2 is 1.62 bits per heavy atom. The van der Waals surface area contributed by atoms with E-state index in [4.69, 9.17) is 23.2 Å². The molecule has 3 aromatic rings. The van der Waals surface area contributed by atoms with E-state index in [1.165, 1.54) is 6.20 Å². The normalized spacial score (nSPS) is 10.5. The lowest BCUT2D eigenvalue weighted by molar-refractivity contribution is -0.119. The molecule has 0 aliphatic carbocycles. The van der Waals surface area contributed by atoms with Crippen LogP contribution < -0.4 is 10.5 Å². The van der Waals surface area contributed by atoms with Crippen LogP contribution in [0.25, 0.3) is 0 Å². The summed E-state index contributed by atoms with van der Waals surface area (Å²) in [6.45, 7) is 0.136. The first-order valence-electron chi connectivity index (χ1n) is 7.86. The molecular weight excluding hydrogens is 373 g/mol. The maximum atomic E-state index is 12.9. The van der Waals surface area contributed by atoms with Gasteiger partial charge < -0.3 is 4.90 Å². The average Bonchev–Trinajstić information content (AvgIpc) is 2.68. The van der Waals surface area contributed by atoms with E-state index in [9.17, 15) is 9.59 Å². The van der Waals surface area contributed by atoms with E-state index in [2.05, 4.69) is 5.10 Å². The molecule has 1 amide bonds. The minimum atomic E-state index is -0.597. The van der Waals surface area contributed by atoms with Crippen LogP contribution in [0, 0.1) is 0 Å². The van der Waals surface area contributed by atoms with Crippen LogP contribution in [0.4, 0.5) is 5.69 Å². The van der Waals surface area contributed by atoms with Crippen molar-refractivity contribution in [2.24, 2.45) is 0 Å². The summed E-state index contributed by atoms with van der Waals surface area (Å²) in [4.78, 5) is 26.7. The highest BCUT2D eigenvalue weighted by Crippen LogP contribution is 2.18. The van der Waals surface area contributed by atoms with E-state index >= 15 is 0 Å². The molecule has 0 aliphatic heterocycles. The SMILES string of the molecule is O=C(Cn1ncc(Cl)c(Cl)c1=O)N(Cc1ccccc1)c1ccccc1. The van der Waals surface area contributed by atoms with Crippen LogP contribution in [0.15, 0.2) is 71.7 Å². The van der Waals surface area contributed by atoms with Gasteiger partial charge in [-0.05, 0) is 17.7 Å². The van der Waals surface area contributed by atoms with Crippen molar-refractivity contribution in [3.8, 4) is 0 Å². The minimum Gasteiger partial charge on any atom is -0.306 e. The number of hydrogen-bond donors (Lipinski definition) is 0. The number of aromatic nitrogens is 2. The fraction of sp³-hybridized carbons (Fsp3) is 0.105. The van der Waals surface area contributed by atoms with Crippen LogP contribution in [0.3, 0.4) is 0 Å². The Bertz CT molecular complexity index is 960. The van der Waals surface area contributed by atoms with Crippen molar-refractivity contribution in [1.82, 2.24) is 9.78 Å². The van der Waals surface area contributed by atoms with Crippen molar-refractivity contribution >= 4 is 34.8 Å². The third-order valence-electron chi connectivity index (χ3n) is 3.78. The Hall–Kier alpha value is -2.63. The maximum absolute atomic E-state index is 12.9. The van der Waals surface area contributed by atoms with Gasteiger partial charge in [-0.1, -0.05) is 71.7 Å². The molecule has 3 rings (SSSR count). The fourth-order valence-corrected chi connectivity index (χ4v) is 2.74. The first kappa shape index (κ1) is 18.2. The highest BCUT2D eigenvalue weighted by molar-refractivity contribution is 6.41. The molecule has 2 aromatic carbocycles. The Labute approximate surface area is 160 Å². The molecule has 0 bridgehead atoms. The lowest BCUT2D eigenvalue weighted by Gasteiger charge is -2.23. The second kappa shape index (κ2) is 8.17. The highest BCUT2D eigenvalue weighted by atomic mass is 35.5. The third kappa shape index (κ3) is 4.12. The zero-order valence-electron chi connectivity index (χ0n) is 13.7. The molecule has 132 valence electrons.